The minimum atomic E-state index is 0. The van der Waals surface area contributed by atoms with E-state index in [9.17, 15) is 4.79 Å². The first-order valence-corrected chi connectivity index (χ1v) is 7.70. The number of H-pyrrole nitrogens is 1. The van der Waals surface area contributed by atoms with Crippen molar-refractivity contribution < 1.29 is 4.79 Å². The van der Waals surface area contributed by atoms with Crippen molar-refractivity contribution in [3.63, 3.8) is 0 Å². The van der Waals surface area contributed by atoms with E-state index in [-0.39, 0.29) is 18.3 Å². The average Bonchev–Trinajstić information content (AvgIpc) is 2.83. The molecule has 114 valence electrons. The van der Waals surface area contributed by atoms with E-state index in [1.807, 2.05) is 29.3 Å². The molecule has 21 heavy (non-hydrogen) atoms. The van der Waals surface area contributed by atoms with Crippen LogP contribution in [0.2, 0.25) is 0 Å². The fraction of sp³-hybridized carbons (Fsp3) is 0.400. The quantitative estimate of drug-likeness (QED) is 0.851. The Morgan fingerprint density at radius 3 is 3.05 bits per heavy atom. The van der Waals surface area contributed by atoms with Crippen molar-refractivity contribution in [1.82, 2.24) is 15.2 Å². The largest absolute Gasteiger partial charge is 0.361 e. The van der Waals surface area contributed by atoms with Crippen LogP contribution in [0.5, 0.6) is 0 Å². The monoisotopic (exact) mass is 371 g/mol. The third-order valence-corrected chi connectivity index (χ3v) is 4.46. The summed E-state index contributed by atoms with van der Waals surface area (Å²) in [6, 6.07) is 6.41. The molecule has 0 bridgehead atoms. The van der Waals surface area contributed by atoms with Gasteiger partial charge in [-0.1, -0.05) is 22.0 Å². The van der Waals surface area contributed by atoms with Crippen LogP contribution in [0.15, 0.2) is 28.9 Å². The van der Waals surface area contributed by atoms with Crippen LogP contribution in [-0.2, 0) is 11.2 Å². The summed E-state index contributed by atoms with van der Waals surface area (Å²) in [5.74, 6) is 0.204. The average molecular weight is 373 g/mol. The van der Waals surface area contributed by atoms with Gasteiger partial charge in [-0.05, 0) is 24.6 Å². The SMILES string of the molecule is C[C@@H]1CN(C(=O)Cc2c[nH]c3cccc(Br)c23)CCN1.Cl. The number of carbonyl (C=O) groups excluding carboxylic acids is 1. The number of hydrogen-bond acceptors (Lipinski definition) is 2. The summed E-state index contributed by atoms with van der Waals surface area (Å²) < 4.78 is 1.03. The van der Waals surface area contributed by atoms with Crippen molar-refractivity contribution in [3.05, 3.63) is 34.4 Å². The summed E-state index contributed by atoms with van der Waals surface area (Å²) in [4.78, 5) is 17.6. The molecule has 1 aromatic heterocycles. The van der Waals surface area contributed by atoms with Gasteiger partial charge in [-0.3, -0.25) is 4.79 Å². The smallest absolute Gasteiger partial charge is 0.227 e. The zero-order valence-corrected chi connectivity index (χ0v) is 14.3. The van der Waals surface area contributed by atoms with Crippen LogP contribution in [-0.4, -0.2) is 41.5 Å². The first kappa shape index (κ1) is 16.3. The molecule has 3 rings (SSSR count). The van der Waals surface area contributed by atoms with Crippen LogP contribution in [0.4, 0.5) is 0 Å². The second-order valence-electron chi connectivity index (χ2n) is 5.35. The summed E-state index contributed by atoms with van der Waals surface area (Å²) in [5.41, 5.74) is 2.12. The van der Waals surface area contributed by atoms with Crippen molar-refractivity contribution in [3.8, 4) is 0 Å². The maximum Gasteiger partial charge on any atom is 0.227 e. The highest BCUT2D eigenvalue weighted by Crippen LogP contribution is 2.27. The van der Waals surface area contributed by atoms with E-state index in [0.717, 1.165) is 40.6 Å². The predicted octanol–water partition coefficient (Wildman–Crippen LogP) is 2.72. The lowest BCUT2D eigenvalue weighted by atomic mass is 10.1. The number of nitrogens with one attached hydrogen (secondary N) is 2. The number of amides is 1. The van der Waals surface area contributed by atoms with Crippen LogP contribution in [0.3, 0.4) is 0 Å². The Balaban J connectivity index is 0.00000161. The molecular weight excluding hydrogens is 354 g/mol. The Hall–Kier alpha value is -1.04. The third-order valence-electron chi connectivity index (χ3n) is 3.80. The highest BCUT2D eigenvalue weighted by atomic mass is 79.9. The van der Waals surface area contributed by atoms with Gasteiger partial charge in [0.2, 0.25) is 5.91 Å². The van der Waals surface area contributed by atoms with Gasteiger partial charge in [0.15, 0.2) is 0 Å². The Bertz CT molecular complexity index is 643. The number of rotatable bonds is 2. The van der Waals surface area contributed by atoms with E-state index in [1.54, 1.807) is 0 Å². The van der Waals surface area contributed by atoms with Crippen LogP contribution >= 0.6 is 28.3 Å². The molecule has 0 unspecified atom stereocenters. The molecule has 1 aliphatic heterocycles. The van der Waals surface area contributed by atoms with Gasteiger partial charge in [-0.2, -0.15) is 0 Å². The van der Waals surface area contributed by atoms with E-state index in [0.29, 0.717) is 12.5 Å². The molecule has 2 aromatic rings. The van der Waals surface area contributed by atoms with E-state index < -0.39 is 0 Å². The molecule has 0 spiro atoms. The summed E-state index contributed by atoms with van der Waals surface area (Å²) in [7, 11) is 0. The molecule has 0 radical (unpaired) electrons. The maximum absolute atomic E-state index is 12.4. The molecule has 0 aliphatic carbocycles. The first-order chi connectivity index (χ1) is 9.65. The molecule has 6 heteroatoms. The molecule has 4 nitrogen and oxygen atoms in total. The summed E-state index contributed by atoms with van der Waals surface area (Å²) in [6.07, 6.45) is 2.40. The Morgan fingerprint density at radius 2 is 2.29 bits per heavy atom. The second kappa shape index (κ2) is 6.81. The van der Waals surface area contributed by atoms with Crippen molar-refractivity contribution in [1.29, 1.82) is 0 Å². The summed E-state index contributed by atoms with van der Waals surface area (Å²) in [5, 5.41) is 4.47. The van der Waals surface area contributed by atoms with E-state index >= 15 is 0 Å². The fourth-order valence-electron chi connectivity index (χ4n) is 2.78. The molecule has 2 N–H and O–H groups in total. The lowest BCUT2D eigenvalue weighted by Gasteiger charge is -2.32. The number of hydrogen-bond donors (Lipinski definition) is 2. The topological polar surface area (TPSA) is 48.1 Å². The van der Waals surface area contributed by atoms with Crippen molar-refractivity contribution in [2.45, 2.75) is 19.4 Å². The minimum Gasteiger partial charge on any atom is -0.361 e. The molecule has 1 aromatic carbocycles. The standard InChI is InChI=1S/C15H18BrN3O.ClH/c1-10-9-19(6-5-17-10)14(20)7-11-8-18-13-4-2-3-12(16)15(11)13;/h2-4,8,10,17-18H,5-7,9H2,1H3;1H/t10-;/m1./s1. The van der Waals surface area contributed by atoms with Crippen LogP contribution in [0.25, 0.3) is 10.9 Å². The first-order valence-electron chi connectivity index (χ1n) is 6.91. The number of aromatic nitrogens is 1. The van der Waals surface area contributed by atoms with Crippen molar-refractivity contribution >= 4 is 45.1 Å². The molecule has 1 atom stereocenters. The van der Waals surface area contributed by atoms with Crippen molar-refractivity contribution in [2.75, 3.05) is 19.6 Å². The van der Waals surface area contributed by atoms with Crippen LogP contribution < -0.4 is 5.32 Å². The maximum atomic E-state index is 12.4. The zero-order chi connectivity index (χ0) is 14.1. The van der Waals surface area contributed by atoms with Crippen molar-refractivity contribution in [2.24, 2.45) is 0 Å². The fourth-order valence-corrected chi connectivity index (χ4v) is 3.40. The molecule has 1 aliphatic rings. The number of nitrogens with zero attached hydrogens (tertiary/aromatic N) is 1. The predicted molar refractivity (Wildman–Crippen MR) is 91.0 cm³/mol. The summed E-state index contributed by atoms with van der Waals surface area (Å²) in [6.45, 7) is 4.58. The molecule has 1 fully saturated rings. The number of halogens is 2. The highest BCUT2D eigenvalue weighted by Gasteiger charge is 2.21. The minimum absolute atomic E-state index is 0. The van der Waals surface area contributed by atoms with Gasteiger partial charge in [-0.15, -0.1) is 12.4 Å². The van der Waals surface area contributed by atoms with Gasteiger partial charge in [0.1, 0.15) is 0 Å². The number of aromatic amines is 1. The van der Waals surface area contributed by atoms with Crippen LogP contribution in [0, 0.1) is 0 Å². The number of benzene rings is 1. The van der Waals surface area contributed by atoms with Gasteiger partial charge in [-0.25, -0.2) is 0 Å². The second-order valence-corrected chi connectivity index (χ2v) is 6.20. The van der Waals surface area contributed by atoms with Gasteiger partial charge in [0.25, 0.3) is 0 Å². The molecular formula is C15H19BrClN3O. The van der Waals surface area contributed by atoms with Crippen LogP contribution in [0.1, 0.15) is 12.5 Å². The third kappa shape index (κ3) is 3.42. The van der Waals surface area contributed by atoms with E-state index in [2.05, 4.69) is 33.2 Å². The Kier molecular flexibility index (Phi) is 5.30. The molecule has 2 heterocycles. The molecule has 1 saturated heterocycles. The zero-order valence-electron chi connectivity index (χ0n) is 11.9. The van der Waals surface area contributed by atoms with E-state index in [4.69, 9.17) is 0 Å². The highest BCUT2D eigenvalue weighted by molar-refractivity contribution is 9.10. The molecule has 0 saturated carbocycles. The van der Waals surface area contributed by atoms with Gasteiger partial charge >= 0.3 is 0 Å². The summed E-state index contributed by atoms with van der Waals surface area (Å²) >= 11 is 3.57. The lowest BCUT2D eigenvalue weighted by Crippen LogP contribution is -2.51. The van der Waals surface area contributed by atoms with Gasteiger partial charge < -0.3 is 15.2 Å². The number of piperazine rings is 1. The normalized spacial score (nSPS) is 18.6. The lowest BCUT2D eigenvalue weighted by molar-refractivity contribution is -0.131. The van der Waals surface area contributed by atoms with Gasteiger partial charge in [0, 0.05) is 47.2 Å². The Morgan fingerprint density at radius 1 is 1.48 bits per heavy atom. The number of fused-ring (bicyclic) bond motifs is 1. The Labute approximate surface area is 138 Å². The van der Waals surface area contributed by atoms with Gasteiger partial charge in [0.05, 0.1) is 6.42 Å². The molecule has 1 amide bonds. The number of carbonyl (C=O) groups is 1. The van der Waals surface area contributed by atoms with E-state index in [1.165, 1.54) is 0 Å².